The molecule has 0 aliphatic rings. The number of fused-ring (bicyclic) bond motifs is 1. The third kappa shape index (κ3) is 2.19. The number of nitrogens with one attached hydrogen (secondary N) is 1. The lowest BCUT2D eigenvalue weighted by molar-refractivity contribution is 0.415. The van der Waals surface area contributed by atoms with Gasteiger partial charge < -0.3 is 4.74 Å². The van der Waals surface area contributed by atoms with Crippen molar-refractivity contribution in [2.75, 3.05) is 7.11 Å². The zero-order valence-electron chi connectivity index (χ0n) is 12.0. The first-order chi connectivity index (χ1) is 10.4. The number of methoxy groups -OCH3 is 1. The van der Waals surface area contributed by atoms with Gasteiger partial charge in [0, 0.05) is 0 Å². The van der Waals surface area contributed by atoms with Crippen molar-refractivity contribution in [3.63, 3.8) is 0 Å². The molecule has 0 atom stereocenters. The number of hydrogen-bond donors (Lipinski definition) is 1. The molecular weight excluding hydrogens is 304 g/mol. The third-order valence-corrected chi connectivity index (χ3v) is 5.07. The van der Waals surface area contributed by atoms with Gasteiger partial charge in [-0.2, -0.15) is 12.5 Å². The molecular formula is C15H14N2O4S. The van der Waals surface area contributed by atoms with E-state index in [1.807, 2.05) is 6.92 Å². The van der Waals surface area contributed by atoms with Crippen molar-refractivity contribution in [2.45, 2.75) is 11.8 Å². The maximum Gasteiger partial charge on any atom is 0.281 e. The summed E-state index contributed by atoms with van der Waals surface area (Å²) >= 11 is 0. The molecule has 1 N–H and O–H groups in total. The molecule has 0 aliphatic heterocycles. The molecule has 0 fully saturated rings. The summed E-state index contributed by atoms with van der Waals surface area (Å²) in [6.07, 6.45) is 0. The Hall–Kier alpha value is -2.54. The molecule has 1 heterocycles. The predicted molar refractivity (Wildman–Crippen MR) is 82.9 cm³/mol. The maximum absolute atomic E-state index is 12.7. The van der Waals surface area contributed by atoms with Gasteiger partial charge in [0.2, 0.25) is 0 Å². The summed E-state index contributed by atoms with van der Waals surface area (Å²) in [5.41, 5.74) is 0.755. The minimum atomic E-state index is -3.86. The second-order valence-electron chi connectivity index (χ2n) is 4.91. The number of rotatable bonds is 3. The molecule has 0 saturated carbocycles. The fourth-order valence-corrected chi connectivity index (χ4v) is 3.53. The van der Waals surface area contributed by atoms with Gasteiger partial charge in [0.15, 0.2) is 0 Å². The maximum atomic E-state index is 12.7. The van der Waals surface area contributed by atoms with E-state index in [2.05, 4.69) is 5.10 Å². The average Bonchev–Trinajstić information content (AvgIpc) is 2.85. The summed E-state index contributed by atoms with van der Waals surface area (Å²) in [4.78, 5) is 12.1. The van der Waals surface area contributed by atoms with Gasteiger partial charge in [-0.05, 0) is 37.3 Å². The van der Waals surface area contributed by atoms with E-state index in [0.29, 0.717) is 5.75 Å². The van der Waals surface area contributed by atoms with E-state index >= 15 is 0 Å². The monoisotopic (exact) mass is 318 g/mol. The molecule has 0 radical (unpaired) electrons. The van der Waals surface area contributed by atoms with Crippen LogP contribution in [0, 0.1) is 6.92 Å². The van der Waals surface area contributed by atoms with E-state index < -0.39 is 15.6 Å². The van der Waals surface area contributed by atoms with Crippen LogP contribution in [-0.4, -0.2) is 24.7 Å². The highest BCUT2D eigenvalue weighted by Gasteiger charge is 2.21. The second kappa shape index (κ2) is 5.03. The van der Waals surface area contributed by atoms with E-state index in [-0.39, 0.29) is 15.8 Å². The van der Waals surface area contributed by atoms with Crippen LogP contribution in [0.25, 0.3) is 10.9 Å². The number of aromatic amines is 1. The first-order valence-electron chi connectivity index (χ1n) is 6.54. The van der Waals surface area contributed by atoms with E-state index in [4.69, 9.17) is 4.74 Å². The third-order valence-electron chi connectivity index (χ3n) is 3.43. The highest BCUT2D eigenvalue weighted by Crippen LogP contribution is 2.21. The molecule has 0 spiro atoms. The van der Waals surface area contributed by atoms with Crippen molar-refractivity contribution in [3.05, 3.63) is 58.4 Å². The lowest BCUT2D eigenvalue weighted by Gasteiger charge is -2.07. The van der Waals surface area contributed by atoms with Crippen LogP contribution in [0.15, 0.2) is 52.2 Å². The molecule has 0 saturated heterocycles. The minimum Gasteiger partial charge on any atom is -0.497 e. The van der Waals surface area contributed by atoms with Crippen LogP contribution in [0.5, 0.6) is 5.75 Å². The van der Waals surface area contributed by atoms with Crippen LogP contribution in [0.1, 0.15) is 5.56 Å². The number of nitrogens with zero attached hydrogens (tertiary/aromatic N) is 1. The summed E-state index contributed by atoms with van der Waals surface area (Å²) in [6, 6.07) is 11.1. The molecule has 0 bridgehead atoms. The minimum absolute atomic E-state index is 0.113. The molecule has 114 valence electrons. The summed E-state index contributed by atoms with van der Waals surface area (Å²) in [7, 11) is -2.38. The summed E-state index contributed by atoms with van der Waals surface area (Å²) in [6.45, 7) is 1.87. The van der Waals surface area contributed by atoms with Gasteiger partial charge in [-0.15, -0.1) is 0 Å². The standard InChI is InChI=1S/C15H14N2O4S/c1-10-3-6-12(7-4-10)22(19,20)17-14-8-5-11(21-2)9-13(14)15(18)16-17/h3-9H,1-2H3,(H,16,18). The number of ether oxygens (including phenoxy) is 1. The van der Waals surface area contributed by atoms with Gasteiger partial charge in [0.05, 0.1) is 22.9 Å². The van der Waals surface area contributed by atoms with E-state index in [9.17, 15) is 13.2 Å². The fourth-order valence-electron chi connectivity index (χ4n) is 2.22. The van der Waals surface area contributed by atoms with Crippen LogP contribution in [0.4, 0.5) is 0 Å². The predicted octanol–water partition coefficient (Wildman–Crippen LogP) is 1.88. The lowest BCUT2D eigenvalue weighted by Crippen LogP contribution is -2.16. The van der Waals surface area contributed by atoms with Gasteiger partial charge in [-0.3, -0.25) is 4.79 Å². The molecule has 3 rings (SSSR count). The first-order valence-corrected chi connectivity index (χ1v) is 7.98. The highest BCUT2D eigenvalue weighted by atomic mass is 32.2. The fraction of sp³-hybridized carbons (Fsp3) is 0.133. The van der Waals surface area contributed by atoms with Crippen LogP contribution in [0.2, 0.25) is 0 Å². The van der Waals surface area contributed by atoms with Crippen LogP contribution in [0.3, 0.4) is 0 Å². The van der Waals surface area contributed by atoms with Crippen LogP contribution >= 0.6 is 0 Å². The van der Waals surface area contributed by atoms with Gasteiger partial charge >= 0.3 is 0 Å². The van der Waals surface area contributed by atoms with Gasteiger partial charge in [0.1, 0.15) is 5.75 Å². The molecule has 0 unspecified atom stereocenters. The molecule has 1 aromatic heterocycles. The normalized spacial score (nSPS) is 11.7. The average molecular weight is 318 g/mol. The van der Waals surface area contributed by atoms with Crippen molar-refractivity contribution >= 4 is 20.9 Å². The van der Waals surface area contributed by atoms with E-state index in [0.717, 1.165) is 9.65 Å². The van der Waals surface area contributed by atoms with Crippen molar-refractivity contribution in [1.82, 2.24) is 9.19 Å². The van der Waals surface area contributed by atoms with Gasteiger partial charge in [-0.1, -0.05) is 17.7 Å². The Labute approximate surface area is 127 Å². The SMILES string of the molecule is COc1ccc2c(c1)c(=O)[nH]n2S(=O)(=O)c1ccc(C)cc1. The number of aromatic nitrogens is 2. The second-order valence-corrected chi connectivity index (χ2v) is 6.69. The summed E-state index contributed by atoms with van der Waals surface area (Å²) in [5, 5.41) is 2.63. The zero-order chi connectivity index (χ0) is 15.9. The van der Waals surface area contributed by atoms with E-state index in [1.54, 1.807) is 18.2 Å². The number of H-pyrrole nitrogens is 1. The van der Waals surface area contributed by atoms with Gasteiger partial charge in [-0.25, -0.2) is 5.10 Å². The van der Waals surface area contributed by atoms with Gasteiger partial charge in [0.25, 0.3) is 15.6 Å². The van der Waals surface area contributed by atoms with Crippen molar-refractivity contribution < 1.29 is 13.2 Å². The Kier molecular flexibility index (Phi) is 3.29. The number of benzene rings is 2. The molecule has 6 nitrogen and oxygen atoms in total. The quantitative estimate of drug-likeness (QED) is 0.799. The Bertz CT molecular complexity index is 998. The van der Waals surface area contributed by atoms with Crippen LogP contribution < -0.4 is 10.3 Å². The molecule has 22 heavy (non-hydrogen) atoms. The molecule has 0 aliphatic carbocycles. The number of aryl methyl sites for hydroxylation is 1. The summed E-state index contributed by atoms with van der Waals surface area (Å²) < 4.78 is 31.3. The number of hydrogen-bond acceptors (Lipinski definition) is 4. The molecule has 7 heteroatoms. The highest BCUT2D eigenvalue weighted by molar-refractivity contribution is 7.90. The Balaban J connectivity index is 2.26. The van der Waals surface area contributed by atoms with Crippen LogP contribution in [-0.2, 0) is 10.0 Å². The first kappa shape index (κ1) is 14.4. The molecule has 0 amide bonds. The smallest absolute Gasteiger partial charge is 0.281 e. The zero-order valence-corrected chi connectivity index (χ0v) is 12.8. The van der Waals surface area contributed by atoms with Crippen molar-refractivity contribution in [2.24, 2.45) is 0 Å². The lowest BCUT2D eigenvalue weighted by atomic mass is 10.2. The Morgan fingerprint density at radius 3 is 2.41 bits per heavy atom. The Morgan fingerprint density at radius 1 is 1.09 bits per heavy atom. The summed E-state index contributed by atoms with van der Waals surface area (Å²) in [5.74, 6) is 0.489. The molecule has 2 aromatic carbocycles. The van der Waals surface area contributed by atoms with Crippen molar-refractivity contribution in [3.8, 4) is 5.75 Å². The topological polar surface area (TPSA) is 81.2 Å². The Morgan fingerprint density at radius 2 is 1.77 bits per heavy atom. The van der Waals surface area contributed by atoms with Crippen molar-refractivity contribution in [1.29, 1.82) is 0 Å². The molecule has 3 aromatic rings. The largest absolute Gasteiger partial charge is 0.497 e. The van der Waals surface area contributed by atoms with E-state index in [1.165, 1.54) is 31.4 Å².